The molecule has 0 radical (unpaired) electrons. The Hall–Kier alpha value is -4.59. The summed E-state index contributed by atoms with van der Waals surface area (Å²) < 4.78 is 17.7. The van der Waals surface area contributed by atoms with Gasteiger partial charge in [0.05, 0.1) is 32.6 Å². The number of nitrogens with one attached hydrogen (secondary N) is 1. The Bertz CT molecular complexity index is 1440. The van der Waals surface area contributed by atoms with E-state index in [1.807, 2.05) is 61.5 Å². The first kappa shape index (κ1) is 24.5. The van der Waals surface area contributed by atoms with Gasteiger partial charge in [-0.3, -0.25) is 9.59 Å². The molecule has 1 aromatic heterocycles. The Labute approximate surface area is 209 Å². The number of hydrogen-bond donors (Lipinski definition) is 1. The molecule has 1 amide bonds. The molecule has 1 N–H and O–H groups in total. The number of para-hydroxylation sites is 1. The van der Waals surface area contributed by atoms with Crippen LogP contribution < -0.4 is 25.0 Å². The second-order valence-electron chi connectivity index (χ2n) is 8.12. The number of hydrogen-bond acceptors (Lipinski definition) is 6. The Balaban J connectivity index is 1.93. The topological polar surface area (TPSA) is 91.7 Å². The van der Waals surface area contributed by atoms with Crippen molar-refractivity contribution in [2.75, 3.05) is 26.6 Å². The molecule has 8 nitrogen and oxygen atoms in total. The number of nitrogens with zero attached hydrogens (tertiary/aromatic N) is 2. The van der Waals surface area contributed by atoms with Crippen molar-refractivity contribution in [3.63, 3.8) is 0 Å². The average Bonchev–Trinajstić information content (AvgIpc) is 2.91. The van der Waals surface area contributed by atoms with E-state index in [0.717, 1.165) is 5.56 Å². The van der Waals surface area contributed by atoms with Crippen LogP contribution in [0.3, 0.4) is 0 Å². The first-order chi connectivity index (χ1) is 17.4. The number of methoxy groups -OCH3 is 3. The highest BCUT2D eigenvalue weighted by atomic mass is 16.5. The van der Waals surface area contributed by atoms with Gasteiger partial charge in [-0.1, -0.05) is 48.0 Å². The van der Waals surface area contributed by atoms with Gasteiger partial charge in [-0.2, -0.15) is 5.10 Å². The molecule has 184 valence electrons. The summed E-state index contributed by atoms with van der Waals surface area (Å²) in [7, 11) is 4.45. The van der Waals surface area contributed by atoms with Crippen LogP contribution in [0.5, 0.6) is 17.2 Å². The van der Waals surface area contributed by atoms with E-state index in [1.165, 1.54) is 21.3 Å². The third kappa shape index (κ3) is 4.65. The van der Waals surface area contributed by atoms with Crippen LogP contribution in [0.25, 0.3) is 16.8 Å². The zero-order chi connectivity index (χ0) is 25.8. The summed E-state index contributed by atoms with van der Waals surface area (Å²) in [4.78, 5) is 26.9. The third-order valence-electron chi connectivity index (χ3n) is 5.75. The summed E-state index contributed by atoms with van der Waals surface area (Å²) in [5, 5.41) is 7.43. The lowest BCUT2D eigenvalue weighted by atomic mass is 10.0. The Morgan fingerprint density at radius 1 is 0.861 bits per heavy atom. The predicted molar refractivity (Wildman–Crippen MR) is 139 cm³/mol. The molecule has 0 aliphatic carbocycles. The van der Waals surface area contributed by atoms with Gasteiger partial charge < -0.3 is 19.5 Å². The van der Waals surface area contributed by atoms with Crippen molar-refractivity contribution < 1.29 is 19.0 Å². The summed E-state index contributed by atoms with van der Waals surface area (Å²) in [5.41, 5.74) is 3.04. The lowest BCUT2D eigenvalue weighted by Gasteiger charge is -2.19. The maximum atomic E-state index is 13.6. The molecule has 0 bridgehead atoms. The first-order valence-electron chi connectivity index (χ1n) is 11.3. The molecule has 0 saturated carbocycles. The standard InChI is InChI=1S/C28H27N3O5/c1-17-11-13-19(14-12-17)24-25(32)18(2)30-31(21-9-7-6-8-10-21)27(24)29-28(33)20-15-22(34-3)26(36-5)23(16-20)35-4/h6-16H,1-5H3,(H,29,33). The molecule has 0 unspecified atom stereocenters. The van der Waals surface area contributed by atoms with Gasteiger partial charge in [0.15, 0.2) is 11.5 Å². The minimum atomic E-state index is -0.475. The van der Waals surface area contributed by atoms with Gasteiger partial charge in [0.1, 0.15) is 11.5 Å². The Morgan fingerprint density at radius 3 is 2.03 bits per heavy atom. The van der Waals surface area contributed by atoms with Crippen molar-refractivity contribution >= 4 is 11.7 Å². The van der Waals surface area contributed by atoms with E-state index in [4.69, 9.17) is 14.2 Å². The number of rotatable bonds is 7. The van der Waals surface area contributed by atoms with Crippen molar-refractivity contribution in [2.45, 2.75) is 13.8 Å². The molecule has 0 spiro atoms. The van der Waals surface area contributed by atoms with Crippen LogP contribution in [0.4, 0.5) is 5.82 Å². The van der Waals surface area contributed by atoms with Crippen LogP contribution in [-0.4, -0.2) is 37.0 Å². The number of carbonyl (C=O) groups is 1. The van der Waals surface area contributed by atoms with E-state index >= 15 is 0 Å². The number of amides is 1. The van der Waals surface area contributed by atoms with Crippen molar-refractivity contribution in [3.8, 4) is 34.1 Å². The number of ether oxygens (including phenoxy) is 3. The molecule has 0 aliphatic rings. The van der Waals surface area contributed by atoms with Gasteiger partial charge in [-0.25, -0.2) is 4.68 Å². The molecule has 0 aliphatic heterocycles. The Morgan fingerprint density at radius 2 is 1.47 bits per heavy atom. The van der Waals surface area contributed by atoms with Crippen LogP contribution in [0.2, 0.25) is 0 Å². The minimum absolute atomic E-state index is 0.249. The predicted octanol–water partition coefficient (Wildman–Crippen LogP) is 4.79. The van der Waals surface area contributed by atoms with Crippen LogP contribution >= 0.6 is 0 Å². The van der Waals surface area contributed by atoms with Gasteiger partial charge in [-0.05, 0) is 43.7 Å². The fourth-order valence-corrected chi connectivity index (χ4v) is 3.89. The van der Waals surface area contributed by atoms with E-state index in [9.17, 15) is 9.59 Å². The molecule has 4 aromatic rings. The second-order valence-corrected chi connectivity index (χ2v) is 8.12. The summed E-state index contributed by atoms with van der Waals surface area (Å²) in [6.45, 7) is 3.63. The normalized spacial score (nSPS) is 10.6. The monoisotopic (exact) mass is 485 g/mol. The third-order valence-corrected chi connectivity index (χ3v) is 5.75. The first-order valence-corrected chi connectivity index (χ1v) is 11.3. The zero-order valence-electron chi connectivity index (χ0n) is 20.8. The molecule has 3 aromatic carbocycles. The van der Waals surface area contributed by atoms with E-state index in [2.05, 4.69) is 10.4 Å². The van der Waals surface area contributed by atoms with E-state index in [-0.39, 0.29) is 16.8 Å². The van der Waals surface area contributed by atoms with E-state index in [1.54, 1.807) is 23.7 Å². The molecular weight excluding hydrogens is 458 g/mol. The molecule has 1 heterocycles. The van der Waals surface area contributed by atoms with Crippen LogP contribution in [0.15, 0.2) is 71.5 Å². The second kappa shape index (κ2) is 10.4. The van der Waals surface area contributed by atoms with Crippen molar-refractivity contribution in [2.24, 2.45) is 0 Å². The average molecular weight is 486 g/mol. The molecule has 0 atom stereocenters. The van der Waals surface area contributed by atoms with E-state index < -0.39 is 5.91 Å². The quantitative estimate of drug-likeness (QED) is 0.405. The van der Waals surface area contributed by atoms with E-state index in [0.29, 0.717) is 39.8 Å². The smallest absolute Gasteiger partial charge is 0.257 e. The van der Waals surface area contributed by atoms with Gasteiger partial charge in [0.2, 0.25) is 11.2 Å². The fourth-order valence-electron chi connectivity index (χ4n) is 3.89. The maximum absolute atomic E-state index is 13.6. The SMILES string of the molecule is COc1cc(C(=O)Nc2c(-c3ccc(C)cc3)c(=O)c(C)nn2-c2ccccc2)cc(OC)c1OC. The summed E-state index contributed by atoms with van der Waals surface area (Å²) >= 11 is 0. The fraction of sp³-hybridized carbons (Fsp3) is 0.179. The molecular formula is C28H27N3O5. The number of aryl methyl sites for hydroxylation is 2. The van der Waals surface area contributed by atoms with Crippen molar-refractivity contribution in [1.82, 2.24) is 9.78 Å². The van der Waals surface area contributed by atoms with Gasteiger partial charge in [0.25, 0.3) is 5.91 Å². The summed E-state index contributed by atoms with van der Waals surface area (Å²) in [5.74, 6) is 0.818. The highest BCUT2D eigenvalue weighted by Crippen LogP contribution is 2.38. The number of aromatic nitrogens is 2. The van der Waals surface area contributed by atoms with Crippen LogP contribution in [-0.2, 0) is 0 Å². The number of anilines is 1. The van der Waals surface area contributed by atoms with Crippen LogP contribution in [0, 0.1) is 13.8 Å². The minimum Gasteiger partial charge on any atom is -0.493 e. The maximum Gasteiger partial charge on any atom is 0.257 e. The zero-order valence-corrected chi connectivity index (χ0v) is 20.8. The highest BCUT2D eigenvalue weighted by Gasteiger charge is 2.23. The number of benzene rings is 3. The summed E-state index contributed by atoms with van der Waals surface area (Å²) in [6.07, 6.45) is 0. The Kier molecular flexibility index (Phi) is 7.05. The molecule has 0 saturated heterocycles. The molecule has 4 rings (SSSR count). The lowest BCUT2D eigenvalue weighted by Crippen LogP contribution is -2.25. The highest BCUT2D eigenvalue weighted by molar-refractivity contribution is 6.06. The number of carbonyl (C=O) groups excluding carboxylic acids is 1. The molecule has 8 heteroatoms. The van der Waals surface area contributed by atoms with Gasteiger partial charge >= 0.3 is 0 Å². The lowest BCUT2D eigenvalue weighted by molar-refractivity contribution is 0.102. The molecule has 36 heavy (non-hydrogen) atoms. The van der Waals surface area contributed by atoms with Crippen molar-refractivity contribution in [1.29, 1.82) is 0 Å². The van der Waals surface area contributed by atoms with Crippen LogP contribution in [0.1, 0.15) is 21.6 Å². The van der Waals surface area contributed by atoms with Crippen molar-refractivity contribution in [3.05, 3.63) is 93.8 Å². The largest absolute Gasteiger partial charge is 0.493 e. The van der Waals surface area contributed by atoms with Gasteiger partial charge in [0, 0.05) is 5.56 Å². The van der Waals surface area contributed by atoms with Gasteiger partial charge in [-0.15, -0.1) is 0 Å². The molecule has 0 fully saturated rings. The summed E-state index contributed by atoms with van der Waals surface area (Å²) in [6, 6.07) is 20.0.